The summed E-state index contributed by atoms with van der Waals surface area (Å²) in [6, 6.07) is 5.83. The van der Waals surface area contributed by atoms with Crippen molar-refractivity contribution in [3.8, 4) is 12.3 Å². The van der Waals surface area contributed by atoms with Gasteiger partial charge in [0.2, 0.25) is 10.0 Å². The number of amides is 1. The highest BCUT2D eigenvalue weighted by atomic mass is 32.2. The predicted octanol–water partition coefficient (Wildman–Crippen LogP) is 1.52. The second kappa shape index (κ2) is 7.81. The van der Waals surface area contributed by atoms with Crippen molar-refractivity contribution >= 4 is 15.9 Å². The molecule has 6 heteroatoms. The number of carbonyl (C=O) groups excluding carboxylic acids is 1. The van der Waals surface area contributed by atoms with E-state index in [1.165, 1.54) is 24.3 Å². The summed E-state index contributed by atoms with van der Waals surface area (Å²) in [5.41, 5.74) is 0.425. The van der Waals surface area contributed by atoms with Crippen LogP contribution in [0.25, 0.3) is 0 Å². The molecular formula is C15H20N2O3S. The lowest BCUT2D eigenvalue weighted by atomic mass is 10.1. The van der Waals surface area contributed by atoms with Gasteiger partial charge in [-0.05, 0) is 37.6 Å². The molecule has 0 saturated heterocycles. The molecule has 1 atom stereocenters. The molecule has 1 aromatic carbocycles. The molecule has 1 rings (SSSR count). The van der Waals surface area contributed by atoms with Gasteiger partial charge in [0.1, 0.15) is 0 Å². The second-order valence-corrected chi connectivity index (χ2v) is 6.48. The van der Waals surface area contributed by atoms with Crippen LogP contribution in [-0.4, -0.2) is 26.9 Å². The summed E-state index contributed by atoms with van der Waals surface area (Å²) in [5.74, 6) is 1.99. The van der Waals surface area contributed by atoms with Crippen LogP contribution in [-0.2, 0) is 10.0 Å². The maximum Gasteiger partial charge on any atom is 0.251 e. The van der Waals surface area contributed by atoms with Gasteiger partial charge in [-0.2, -0.15) is 4.72 Å². The Morgan fingerprint density at radius 3 is 2.48 bits per heavy atom. The number of nitrogens with one attached hydrogen (secondary N) is 2. The number of sulfonamides is 1. The molecule has 0 radical (unpaired) electrons. The fourth-order valence-electron chi connectivity index (χ4n) is 1.82. The number of hydrogen-bond acceptors (Lipinski definition) is 3. The Morgan fingerprint density at radius 1 is 1.33 bits per heavy atom. The first kappa shape index (κ1) is 17.2. The summed E-state index contributed by atoms with van der Waals surface area (Å²) in [4.78, 5) is 12.0. The highest BCUT2D eigenvalue weighted by Gasteiger charge is 2.14. The molecular weight excluding hydrogens is 288 g/mol. The van der Waals surface area contributed by atoms with Crippen LogP contribution in [0.2, 0.25) is 0 Å². The van der Waals surface area contributed by atoms with Crippen LogP contribution in [0.15, 0.2) is 29.2 Å². The highest BCUT2D eigenvalue weighted by Crippen LogP contribution is 2.10. The molecule has 0 aliphatic carbocycles. The third kappa shape index (κ3) is 5.21. The minimum Gasteiger partial charge on any atom is -0.350 e. The molecule has 0 fully saturated rings. The van der Waals surface area contributed by atoms with Crippen LogP contribution in [0, 0.1) is 12.3 Å². The zero-order valence-electron chi connectivity index (χ0n) is 12.2. The third-order valence-corrected chi connectivity index (χ3v) is 4.31. The van der Waals surface area contributed by atoms with Crippen molar-refractivity contribution in [2.45, 2.75) is 37.6 Å². The molecule has 1 amide bonds. The van der Waals surface area contributed by atoms with E-state index in [-0.39, 0.29) is 23.4 Å². The molecule has 0 spiro atoms. The molecule has 0 saturated carbocycles. The van der Waals surface area contributed by atoms with E-state index in [0.717, 1.165) is 12.8 Å². The molecule has 0 aliphatic rings. The van der Waals surface area contributed by atoms with Crippen molar-refractivity contribution in [2.24, 2.45) is 0 Å². The number of rotatable bonds is 7. The van der Waals surface area contributed by atoms with Crippen molar-refractivity contribution in [3.63, 3.8) is 0 Å². The van der Waals surface area contributed by atoms with Crippen molar-refractivity contribution in [3.05, 3.63) is 29.8 Å². The first-order chi connectivity index (χ1) is 9.90. The van der Waals surface area contributed by atoms with Crippen LogP contribution >= 0.6 is 0 Å². The Hall–Kier alpha value is -1.84. The normalized spacial score (nSPS) is 12.4. The van der Waals surface area contributed by atoms with Gasteiger partial charge in [-0.25, -0.2) is 8.42 Å². The van der Waals surface area contributed by atoms with Crippen LogP contribution in [0.1, 0.15) is 37.0 Å². The standard InChI is InChI=1S/C15H20N2O3S/c1-4-6-12(3)17-15(18)13-7-9-14(10-8-13)21(19,20)16-11-5-2/h2,7-10,12,16H,4,6,11H2,1,3H3,(H,17,18). The number of terminal acetylenes is 1. The van der Waals surface area contributed by atoms with Gasteiger partial charge in [0.05, 0.1) is 11.4 Å². The molecule has 0 bridgehead atoms. The van der Waals surface area contributed by atoms with Gasteiger partial charge < -0.3 is 5.32 Å². The minimum atomic E-state index is -3.62. The van der Waals surface area contributed by atoms with Gasteiger partial charge >= 0.3 is 0 Å². The van der Waals surface area contributed by atoms with Gasteiger partial charge in [-0.15, -0.1) is 6.42 Å². The maximum absolute atomic E-state index is 12.0. The zero-order chi connectivity index (χ0) is 15.9. The minimum absolute atomic E-state index is 0.0703. The summed E-state index contributed by atoms with van der Waals surface area (Å²) in [6.07, 6.45) is 6.90. The Bertz CT molecular complexity index is 615. The van der Waals surface area contributed by atoms with Gasteiger partial charge in [-0.3, -0.25) is 4.79 Å². The number of benzene rings is 1. The van der Waals surface area contributed by atoms with E-state index in [2.05, 4.69) is 16.0 Å². The summed E-state index contributed by atoms with van der Waals surface area (Å²) >= 11 is 0. The molecule has 5 nitrogen and oxygen atoms in total. The fraction of sp³-hybridized carbons (Fsp3) is 0.400. The van der Waals surface area contributed by atoms with Crippen molar-refractivity contribution in [1.29, 1.82) is 0 Å². The molecule has 1 unspecified atom stereocenters. The van der Waals surface area contributed by atoms with E-state index >= 15 is 0 Å². The van der Waals surface area contributed by atoms with E-state index in [0.29, 0.717) is 5.56 Å². The van der Waals surface area contributed by atoms with Gasteiger partial charge in [0, 0.05) is 11.6 Å². The van der Waals surface area contributed by atoms with E-state index < -0.39 is 10.0 Å². The van der Waals surface area contributed by atoms with Crippen LogP contribution in [0.5, 0.6) is 0 Å². The van der Waals surface area contributed by atoms with E-state index in [9.17, 15) is 13.2 Å². The first-order valence-electron chi connectivity index (χ1n) is 6.74. The number of carbonyl (C=O) groups is 1. The van der Waals surface area contributed by atoms with Gasteiger partial charge in [0.15, 0.2) is 0 Å². The Labute approximate surface area is 126 Å². The average Bonchev–Trinajstić information content (AvgIpc) is 2.45. The Balaban J connectivity index is 2.79. The SMILES string of the molecule is C#CCNS(=O)(=O)c1ccc(C(=O)NC(C)CCC)cc1. The van der Waals surface area contributed by atoms with Crippen LogP contribution in [0.4, 0.5) is 0 Å². The Morgan fingerprint density at radius 2 is 1.95 bits per heavy atom. The quantitative estimate of drug-likeness (QED) is 0.750. The molecule has 0 aliphatic heterocycles. The van der Waals surface area contributed by atoms with Crippen LogP contribution in [0.3, 0.4) is 0 Å². The summed E-state index contributed by atoms with van der Waals surface area (Å²) in [6.45, 7) is 3.91. The van der Waals surface area contributed by atoms with E-state index in [4.69, 9.17) is 6.42 Å². The monoisotopic (exact) mass is 308 g/mol. The third-order valence-electron chi connectivity index (χ3n) is 2.89. The fourth-order valence-corrected chi connectivity index (χ4v) is 2.75. The van der Waals surface area contributed by atoms with Crippen molar-refractivity contribution in [1.82, 2.24) is 10.0 Å². The topological polar surface area (TPSA) is 75.3 Å². The summed E-state index contributed by atoms with van der Waals surface area (Å²) < 4.78 is 25.9. The summed E-state index contributed by atoms with van der Waals surface area (Å²) in [5, 5.41) is 2.86. The van der Waals surface area contributed by atoms with Crippen LogP contribution < -0.4 is 10.0 Å². The second-order valence-electron chi connectivity index (χ2n) is 4.72. The number of hydrogen-bond donors (Lipinski definition) is 2. The predicted molar refractivity (Wildman–Crippen MR) is 82.3 cm³/mol. The van der Waals surface area contributed by atoms with E-state index in [1.54, 1.807) is 0 Å². The summed E-state index contributed by atoms with van der Waals surface area (Å²) in [7, 11) is -3.62. The smallest absolute Gasteiger partial charge is 0.251 e. The van der Waals surface area contributed by atoms with Crippen molar-refractivity contribution < 1.29 is 13.2 Å². The zero-order valence-corrected chi connectivity index (χ0v) is 13.0. The van der Waals surface area contributed by atoms with Gasteiger partial charge in [0.25, 0.3) is 5.91 Å². The maximum atomic E-state index is 12.0. The highest BCUT2D eigenvalue weighted by molar-refractivity contribution is 7.89. The first-order valence-corrected chi connectivity index (χ1v) is 8.23. The van der Waals surface area contributed by atoms with Crippen molar-refractivity contribution in [2.75, 3.05) is 6.54 Å². The molecule has 21 heavy (non-hydrogen) atoms. The molecule has 2 N–H and O–H groups in total. The Kier molecular flexibility index (Phi) is 6.40. The van der Waals surface area contributed by atoms with E-state index in [1.807, 2.05) is 13.8 Å². The molecule has 1 aromatic rings. The largest absolute Gasteiger partial charge is 0.350 e. The molecule has 114 valence electrons. The lowest BCUT2D eigenvalue weighted by Gasteiger charge is -2.13. The molecule has 0 heterocycles. The average molecular weight is 308 g/mol. The molecule has 0 aromatic heterocycles. The lowest BCUT2D eigenvalue weighted by Crippen LogP contribution is -2.32. The lowest BCUT2D eigenvalue weighted by molar-refractivity contribution is 0.0938. The van der Waals surface area contributed by atoms with Gasteiger partial charge in [-0.1, -0.05) is 19.3 Å².